The number of halogens is 3. The van der Waals surface area contributed by atoms with Gasteiger partial charge >= 0.3 is 12.1 Å². The first-order valence-electron chi connectivity index (χ1n) is 9.85. The van der Waals surface area contributed by atoms with Gasteiger partial charge in [-0.25, -0.2) is 0 Å². The normalized spacial score (nSPS) is 28.8. The van der Waals surface area contributed by atoms with Crippen LogP contribution in [0.4, 0.5) is 18.9 Å². The highest BCUT2D eigenvalue weighted by molar-refractivity contribution is 6.02. The van der Waals surface area contributed by atoms with Crippen molar-refractivity contribution in [3.8, 4) is 0 Å². The van der Waals surface area contributed by atoms with E-state index in [4.69, 9.17) is 9.47 Å². The molecule has 2 fully saturated rings. The summed E-state index contributed by atoms with van der Waals surface area (Å²) in [5.74, 6) is -2.66. The first-order chi connectivity index (χ1) is 14.8. The van der Waals surface area contributed by atoms with Crippen molar-refractivity contribution < 1.29 is 32.2 Å². The number of nitrogens with zero attached hydrogens (tertiary/aromatic N) is 1. The van der Waals surface area contributed by atoms with Gasteiger partial charge in [-0.3, -0.25) is 9.59 Å². The van der Waals surface area contributed by atoms with Crippen molar-refractivity contribution in [2.75, 3.05) is 11.4 Å². The lowest BCUT2D eigenvalue weighted by Crippen LogP contribution is -2.40. The van der Waals surface area contributed by atoms with Crippen molar-refractivity contribution in [1.29, 1.82) is 0 Å². The van der Waals surface area contributed by atoms with Gasteiger partial charge in [0, 0.05) is 5.69 Å². The maximum Gasteiger partial charge on any atom is 0.416 e. The summed E-state index contributed by atoms with van der Waals surface area (Å²) in [6, 6.07) is 13.8. The van der Waals surface area contributed by atoms with E-state index < -0.39 is 47.2 Å². The van der Waals surface area contributed by atoms with Crippen LogP contribution in [0.1, 0.15) is 11.1 Å². The molecule has 0 radical (unpaired) electrons. The Hall–Kier alpha value is -3.13. The predicted octanol–water partition coefficient (Wildman–Crippen LogP) is 3.74. The number of rotatable bonds is 4. The van der Waals surface area contributed by atoms with Gasteiger partial charge in [0.2, 0.25) is 5.91 Å². The van der Waals surface area contributed by atoms with Crippen molar-refractivity contribution >= 4 is 17.6 Å². The van der Waals surface area contributed by atoms with Crippen LogP contribution in [0.25, 0.3) is 0 Å². The molecule has 2 aromatic carbocycles. The second-order valence-corrected chi connectivity index (χ2v) is 7.97. The molecule has 5 nitrogen and oxygen atoms in total. The van der Waals surface area contributed by atoms with Gasteiger partial charge in [0.15, 0.2) is 0 Å². The molecule has 0 unspecified atom stereocenters. The molecule has 2 bridgehead atoms. The quantitative estimate of drug-likeness (QED) is 0.549. The lowest BCUT2D eigenvalue weighted by Gasteiger charge is -2.22. The van der Waals surface area contributed by atoms with Crippen molar-refractivity contribution in [1.82, 2.24) is 0 Å². The number of esters is 1. The number of fused-ring (bicyclic) bond motifs is 1. The molecule has 2 aromatic rings. The van der Waals surface area contributed by atoms with Gasteiger partial charge in [-0.1, -0.05) is 48.6 Å². The summed E-state index contributed by atoms with van der Waals surface area (Å²) < 4.78 is 50.8. The van der Waals surface area contributed by atoms with E-state index in [9.17, 15) is 22.8 Å². The van der Waals surface area contributed by atoms with E-state index in [-0.39, 0.29) is 18.8 Å². The molecule has 8 heteroatoms. The zero-order chi connectivity index (χ0) is 21.8. The third-order valence-electron chi connectivity index (χ3n) is 6.08. The first-order valence-corrected chi connectivity index (χ1v) is 9.85. The molecule has 3 heterocycles. The number of amides is 1. The van der Waals surface area contributed by atoms with Crippen molar-refractivity contribution in [3.63, 3.8) is 0 Å². The molecule has 3 aliphatic heterocycles. The second kappa shape index (κ2) is 6.95. The van der Waals surface area contributed by atoms with E-state index in [1.54, 1.807) is 12.2 Å². The minimum Gasteiger partial charge on any atom is -0.460 e. The highest BCUT2D eigenvalue weighted by atomic mass is 19.4. The fourth-order valence-electron chi connectivity index (χ4n) is 4.66. The van der Waals surface area contributed by atoms with E-state index >= 15 is 0 Å². The number of anilines is 1. The van der Waals surface area contributed by atoms with Crippen LogP contribution in [0.15, 0.2) is 66.7 Å². The van der Waals surface area contributed by atoms with Gasteiger partial charge in [-0.05, 0) is 23.8 Å². The molecule has 1 spiro atoms. The van der Waals surface area contributed by atoms with Crippen LogP contribution >= 0.6 is 0 Å². The Bertz CT molecular complexity index is 1070. The fourth-order valence-corrected chi connectivity index (χ4v) is 4.66. The number of ether oxygens (including phenoxy) is 2. The zero-order valence-electron chi connectivity index (χ0n) is 16.2. The van der Waals surface area contributed by atoms with Crippen LogP contribution < -0.4 is 4.90 Å². The second-order valence-electron chi connectivity index (χ2n) is 7.97. The molecular weight excluding hydrogens is 411 g/mol. The molecule has 31 heavy (non-hydrogen) atoms. The molecule has 5 rings (SSSR count). The lowest BCUT2D eigenvalue weighted by atomic mass is 9.77. The Kier molecular flexibility index (Phi) is 4.44. The summed E-state index contributed by atoms with van der Waals surface area (Å²) in [5.41, 5.74) is -0.937. The smallest absolute Gasteiger partial charge is 0.416 e. The average molecular weight is 429 g/mol. The average Bonchev–Trinajstić information content (AvgIpc) is 3.40. The Morgan fingerprint density at radius 1 is 1.16 bits per heavy atom. The minimum atomic E-state index is -4.52. The molecule has 0 saturated carbocycles. The Balaban J connectivity index is 1.39. The van der Waals surface area contributed by atoms with Gasteiger partial charge in [0.1, 0.15) is 18.1 Å². The lowest BCUT2D eigenvalue weighted by molar-refractivity contribution is -0.153. The van der Waals surface area contributed by atoms with E-state index in [2.05, 4.69) is 0 Å². The molecule has 0 N–H and O–H groups in total. The highest BCUT2D eigenvalue weighted by Crippen LogP contribution is 2.53. The molecule has 3 aliphatic rings. The van der Waals surface area contributed by atoms with Crippen LogP contribution in [0.2, 0.25) is 0 Å². The van der Waals surface area contributed by atoms with Gasteiger partial charge in [-0.2, -0.15) is 13.2 Å². The SMILES string of the molecule is O=C(OCc1ccccc1)[C@@H]1[C@H]2C(=O)N(c3cccc(C(F)(F)F)c3)C[C@@]23C=C[C@H]1O3. The van der Waals surface area contributed by atoms with Gasteiger partial charge in [-0.15, -0.1) is 0 Å². The van der Waals surface area contributed by atoms with Crippen molar-refractivity contribution in [2.45, 2.75) is 24.5 Å². The topological polar surface area (TPSA) is 55.8 Å². The van der Waals surface area contributed by atoms with Crippen LogP contribution in [0, 0.1) is 11.8 Å². The number of carbonyl (C=O) groups is 2. The van der Waals surface area contributed by atoms with E-state index in [1.807, 2.05) is 30.3 Å². The van der Waals surface area contributed by atoms with Gasteiger partial charge in [0.05, 0.1) is 24.1 Å². The van der Waals surface area contributed by atoms with Crippen LogP contribution in [-0.2, 0) is 31.8 Å². The number of alkyl halides is 3. The molecule has 0 aromatic heterocycles. The van der Waals surface area contributed by atoms with Gasteiger partial charge < -0.3 is 14.4 Å². The summed E-state index contributed by atoms with van der Waals surface area (Å²) in [4.78, 5) is 27.4. The summed E-state index contributed by atoms with van der Waals surface area (Å²) in [6.07, 6.45) is -1.63. The monoisotopic (exact) mass is 429 g/mol. The van der Waals surface area contributed by atoms with Gasteiger partial charge in [0.25, 0.3) is 0 Å². The van der Waals surface area contributed by atoms with Crippen LogP contribution in [-0.4, -0.2) is 30.1 Å². The number of carbonyl (C=O) groups excluding carboxylic acids is 2. The molecule has 4 atom stereocenters. The minimum absolute atomic E-state index is 0.0489. The van der Waals surface area contributed by atoms with Crippen LogP contribution in [0.5, 0.6) is 0 Å². The zero-order valence-corrected chi connectivity index (χ0v) is 16.2. The van der Waals surface area contributed by atoms with Crippen molar-refractivity contribution in [2.24, 2.45) is 11.8 Å². The third-order valence-corrected chi connectivity index (χ3v) is 6.08. The Labute approximate surface area is 176 Å². The maximum atomic E-state index is 13.2. The summed E-state index contributed by atoms with van der Waals surface area (Å²) in [7, 11) is 0. The molecule has 2 saturated heterocycles. The number of hydrogen-bond acceptors (Lipinski definition) is 4. The Morgan fingerprint density at radius 2 is 1.94 bits per heavy atom. The van der Waals surface area contributed by atoms with E-state index in [1.165, 1.54) is 17.0 Å². The molecule has 0 aliphatic carbocycles. The maximum absolute atomic E-state index is 13.2. The van der Waals surface area contributed by atoms with Crippen molar-refractivity contribution in [3.05, 3.63) is 77.9 Å². The standard InChI is InChI=1S/C23H18F3NO4/c24-23(25,26)15-7-4-8-16(11-15)27-13-22-10-9-17(31-22)18(19(22)20(27)28)21(29)30-12-14-5-2-1-3-6-14/h1-11,17-19H,12-13H2/t17-,18+,19+,22+/m1/s1. The van der Waals surface area contributed by atoms with Crippen LogP contribution in [0.3, 0.4) is 0 Å². The Morgan fingerprint density at radius 3 is 2.68 bits per heavy atom. The van der Waals surface area contributed by atoms with E-state index in [0.717, 1.165) is 17.7 Å². The molecular formula is C23H18F3NO4. The summed E-state index contributed by atoms with van der Waals surface area (Å²) >= 11 is 0. The number of hydrogen-bond donors (Lipinski definition) is 0. The first kappa shape index (κ1) is 19.8. The largest absolute Gasteiger partial charge is 0.460 e. The molecule has 1 amide bonds. The van der Waals surface area contributed by atoms with E-state index in [0.29, 0.717) is 0 Å². The molecule has 160 valence electrons. The third kappa shape index (κ3) is 3.22. The summed E-state index contributed by atoms with van der Waals surface area (Å²) in [6.45, 7) is 0.116. The fraction of sp³-hybridized carbons (Fsp3) is 0.304. The highest BCUT2D eigenvalue weighted by Gasteiger charge is 2.67. The predicted molar refractivity (Wildman–Crippen MR) is 104 cm³/mol. The number of benzene rings is 2. The summed E-state index contributed by atoms with van der Waals surface area (Å²) in [5, 5.41) is 0.